The fourth-order valence-electron chi connectivity index (χ4n) is 3.71. The minimum absolute atomic E-state index is 0.0394. The summed E-state index contributed by atoms with van der Waals surface area (Å²) in [5, 5.41) is 14.8. The number of nitro benzene ring substituents is 1. The molecule has 4 rings (SSSR count). The molecule has 2 heterocycles. The molecule has 0 bridgehead atoms. The van der Waals surface area contributed by atoms with Crippen molar-refractivity contribution in [2.24, 2.45) is 5.92 Å². The van der Waals surface area contributed by atoms with Gasteiger partial charge in [-0.2, -0.15) is 0 Å². The number of rotatable bonds is 4. The fourth-order valence-corrected chi connectivity index (χ4v) is 3.71. The summed E-state index contributed by atoms with van der Waals surface area (Å²) in [6.07, 6.45) is 3.10. The van der Waals surface area contributed by atoms with E-state index >= 15 is 0 Å². The maximum atomic E-state index is 12.5. The van der Waals surface area contributed by atoms with E-state index in [4.69, 9.17) is 0 Å². The van der Waals surface area contributed by atoms with Crippen molar-refractivity contribution in [1.29, 1.82) is 0 Å². The molecule has 142 valence electrons. The zero-order chi connectivity index (χ0) is 19.5. The van der Waals surface area contributed by atoms with E-state index in [2.05, 4.69) is 15.2 Å². The van der Waals surface area contributed by atoms with Crippen LogP contribution in [0.25, 0.3) is 10.9 Å². The van der Waals surface area contributed by atoms with E-state index < -0.39 is 0 Å². The smallest absolute Gasteiger partial charge is 0.278 e. The molecule has 1 saturated heterocycles. The van der Waals surface area contributed by atoms with Gasteiger partial charge in [0.05, 0.1) is 16.0 Å². The molecule has 0 aliphatic carbocycles. The number of fused-ring (bicyclic) bond motifs is 1. The molecule has 1 amide bonds. The van der Waals surface area contributed by atoms with Crippen molar-refractivity contribution in [3.8, 4) is 0 Å². The Balaban J connectivity index is 1.49. The zero-order valence-electron chi connectivity index (χ0n) is 15.2. The SMILES string of the molecule is O=C(Nc1ccccc1)C1CCN(c2ccc([N+](=O)[O-])c3cccnc23)CC1. The van der Waals surface area contributed by atoms with Crippen molar-refractivity contribution >= 4 is 33.9 Å². The van der Waals surface area contributed by atoms with Crippen molar-refractivity contribution in [2.75, 3.05) is 23.3 Å². The van der Waals surface area contributed by atoms with E-state index in [0.29, 0.717) is 24.0 Å². The lowest BCUT2D eigenvalue weighted by molar-refractivity contribution is -0.383. The zero-order valence-corrected chi connectivity index (χ0v) is 15.2. The molecule has 1 aliphatic rings. The lowest BCUT2D eigenvalue weighted by Crippen LogP contribution is -2.38. The third-order valence-electron chi connectivity index (χ3n) is 5.17. The van der Waals surface area contributed by atoms with Gasteiger partial charge >= 0.3 is 0 Å². The average Bonchev–Trinajstić information content (AvgIpc) is 2.73. The number of nitro groups is 1. The highest BCUT2D eigenvalue weighted by Gasteiger charge is 2.27. The number of carbonyl (C=O) groups is 1. The van der Waals surface area contributed by atoms with Gasteiger partial charge in [0.15, 0.2) is 0 Å². The molecule has 1 aliphatic heterocycles. The van der Waals surface area contributed by atoms with Crippen LogP contribution in [0.2, 0.25) is 0 Å². The van der Waals surface area contributed by atoms with Crippen LogP contribution in [-0.4, -0.2) is 28.9 Å². The Kier molecular flexibility index (Phi) is 4.89. The van der Waals surface area contributed by atoms with Crippen molar-refractivity contribution in [2.45, 2.75) is 12.8 Å². The molecule has 7 heteroatoms. The Hall–Kier alpha value is -3.48. The monoisotopic (exact) mass is 376 g/mol. The molecule has 0 radical (unpaired) electrons. The molecular weight excluding hydrogens is 356 g/mol. The van der Waals surface area contributed by atoms with Crippen molar-refractivity contribution in [3.63, 3.8) is 0 Å². The summed E-state index contributed by atoms with van der Waals surface area (Å²) in [5.41, 5.74) is 2.37. The molecule has 2 aromatic carbocycles. The first-order valence-electron chi connectivity index (χ1n) is 9.26. The number of carbonyl (C=O) groups excluding carboxylic acids is 1. The predicted octanol–water partition coefficient (Wildman–Crippen LogP) is 4.00. The van der Waals surface area contributed by atoms with Crippen molar-refractivity contribution in [1.82, 2.24) is 4.98 Å². The molecule has 3 aromatic rings. The average molecular weight is 376 g/mol. The molecule has 0 unspecified atom stereocenters. The van der Waals surface area contributed by atoms with E-state index in [1.54, 1.807) is 24.4 Å². The number of para-hydroxylation sites is 1. The number of hydrogen-bond donors (Lipinski definition) is 1. The maximum absolute atomic E-state index is 12.5. The summed E-state index contributed by atoms with van der Waals surface area (Å²) >= 11 is 0. The molecule has 0 spiro atoms. The van der Waals surface area contributed by atoms with Crippen LogP contribution in [0.4, 0.5) is 17.1 Å². The lowest BCUT2D eigenvalue weighted by Gasteiger charge is -2.33. The Labute approximate surface area is 162 Å². The molecule has 7 nitrogen and oxygen atoms in total. The number of benzene rings is 2. The van der Waals surface area contributed by atoms with E-state index in [1.165, 1.54) is 6.07 Å². The highest BCUT2D eigenvalue weighted by molar-refractivity contribution is 5.97. The first kappa shape index (κ1) is 17.9. The van der Waals surface area contributed by atoms with Crippen LogP contribution < -0.4 is 10.2 Å². The summed E-state index contributed by atoms with van der Waals surface area (Å²) in [5.74, 6) is -0.00809. The summed E-state index contributed by atoms with van der Waals surface area (Å²) in [6, 6.07) is 16.2. The number of anilines is 2. The summed E-state index contributed by atoms with van der Waals surface area (Å²) in [4.78, 5) is 30.0. The molecule has 1 fully saturated rings. The van der Waals surface area contributed by atoms with Crippen LogP contribution in [-0.2, 0) is 4.79 Å². The Morgan fingerprint density at radius 3 is 2.54 bits per heavy atom. The molecule has 1 N–H and O–H groups in total. The first-order chi connectivity index (χ1) is 13.6. The minimum Gasteiger partial charge on any atom is -0.370 e. The molecule has 28 heavy (non-hydrogen) atoms. The van der Waals surface area contributed by atoms with Crippen LogP contribution in [0.3, 0.4) is 0 Å². The van der Waals surface area contributed by atoms with E-state index in [-0.39, 0.29) is 22.4 Å². The van der Waals surface area contributed by atoms with Crippen LogP contribution in [0.15, 0.2) is 60.8 Å². The molecular formula is C21H20N4O3. The minimum atomic E-state index is -0.381. The Morgan fingerprint density at radius 2 is 1.82 bits per heavy atom. The standard InChI is InChI=1S/C21H20N4O3/c26-21(23-16-5-2-1-3-6-16)15-10-13-24(14-11-15)19-9-8-18(25(27)28)17-7-4-12-22-20(17)19/h1-9,12,15H,10-11,13-14H2,(H,23,26). The summed E-state index contributed by atoms with van der Waals surface area (Å²) in [6.45, 7) is 1.41. The highest BCUT2D eigenvalue weighted by Crippen LogP contribution is 2.34. The third-order valence-corrected chi connectivity index (χ3v) is 5.17. The first-order valence-corrected chi connectivity index (χ1v) is 9.26. The summed E-state index contributed by atoms with van der Waals surface area (Å²) in [7, 11) is 0. The second-order valence-corrected chi connectivity index (χ2v) is 6.88. The second-order valence-electron chi connectivity index (χ2n) is 6.88. The largest absolute Gasteiger partial charge is 0.370 e. The van der Waals surface area contributed by atoms with Gasteiger partial charge in [-0.1, -0.05) is 18.2 Å². The van der Waals surface area contributed by atoms with Gasteiger partial charge in [-0.15, -0.1) is 0 Å². The van der Waals surface area contributed by atoms with E-state index in [0.717, 1.165) is 24.2 Å². The number of nitrogens with zero attached hydrogens (tertiary/aromatic N) is 3. The number of amides is 1. The van der Waals surface area contributed by atoms with Crippen LogP contribution in [0.1, 0.15) is 12.8 Å². The number of hydrogen-bond acceptors (Lipinski definition) is 5. The summed E-state index contributed by atoms with van der Waals surface area (Å²) < 4.78 is 0. The van der Waals surface area contributed by atoms with Gasteiger partial charge in [0.2, 0.25) is 5.91 Å². The third kappa shape index (κ3) is 3.51. The molecule has 0 atom stereocenters. The van der Waals surface area contributed by atoms with Gasteiger partial charge in [-0.05, 0) is 43.2 Å². The maximum Gasteiger partial charge on any atom is 0.278 e. The Bertz CT molecular complexity index is 1010. The van der Waals surface area contributed by atoms with Gasteiger partial charge in [-0.25, -0.2) is 0 Å². The number of nitrogens with one attached hydrogen (secondary N) is 1. The predicted molar refractivity (Wildman–Crippen MR) is 108 cm³/mol. The number of pyridine rings is 1. The van der Waals surface area contributed by atoms with Gasteiger partial charge in [0, 0.05) is 37.0 Å². The fraction of sp³-hybridized carbons (Fsp3) is 0.238. The molecule has 1 aromatic heterocycles. The highest BCUT2D eigenvalue weighted by atomic mass is 16.6. The Morgan fingerprint density at radius 1 is 1.07 bits per heavy atom. The lowest BCUT2D eigenvalue weighted by atomic mass is 9.95. The normalized spacial score (nSPS) is 14.8. The van der Waals surface area contributed by atoms with Crippen LogP contribution in [0, 0.1) is 16.0 Å². The second kappa shape index (κ2) is 7.64. The van der Waals surface area contributed by atoms with E-state index in [1.807, 2.05) is 30.3 Å². The van der Waals surface area contributed by atoms with Crippen LogP contribution in [0.5, 0.6) is 0 Å². The van der Waals surface area contributed by atoms with Gasteiger partial charge in [-0.3, -0.25) is 19.9 Å². The molecule has 0 saturated carbocycles. The number of aromatic nitrogens is 1. The van der Waals surface area contributed by atoms with Gasteiger partial charge in [0.25, 0.3) is 5.69 Å². The van der Waals surface area contributed by atoms with E-state index in [9.17, 15) is 14.9 Å². The number of non-ortho nitro benzene ring substituents is 1. The quantitative estimate of drug-likeness (QED) is 0.549. The van der Waals surface area contributed by atoms with Crippen molar-refractivity contribution < 1.29 is 9.72 Å². The topological polar surface area (TPSA) is 88.4 Å². The van der Waals surface area contributed by atoms with Gasteiger partial charge in [0.1, 0.15) is 5.52 Å². The van der Waals surface area contributed by atoms with Crippen LogP contribution >= 0.6 is 0 Å². The number of piperidine rings is 1. The van der Waals surface area contributed by atoms with Gasteiger partial charge < -0.3 is 10.2 Å². The van der Waals surface area contributed by atoms with Crippen molar-refractivity contribution in [3.05, 3.63) is 70.9 Å².